The fraction of sp³-hybridized carbons (Fsp3) is 0.333. The lowest BCUT2D eigenvalue weighted by molar-refractivity contribution is -0.131. The summed E-state index contributed by atoms with van der Waals surface area (Å²) in [6.45, 7) is 3.53. The third kappa shape index (κ3) is 3.44. The zero-order valence-electron chi connectivity index (χ0n) is 10.9. The van der Waals surface area contributed by atoms with Crippen LogP contribution in [0.2, 0.25) is 0 Å². The van der Waals surface area contributed by atoms with Crippen LogP contribution in [0.15, 0.2) is 24.3 Å². The van der Waals surface area contributed by atoms with E-state index in [1.807, 2.05) is 24.0 Å². The minimum Gasteiger partial charge on any atom is -0.478 e. The van der Waals surface area contributed by atoms with E-state index in [4.69, 9.17) is 5.11 Å². The number of aryl methyl sites for hydroxylation is 1. The molecule has 4 nitrogen and oxygen atoms in total. The summed E-state index contributed by atoms with van der Waals surface area (Å²) in [4.78, 5) is 24.6. The molecule has 2 rings (SSSR count). The molecule has 1 saturated heterocycles. The van der Waals surface area contributed by atoms with Gasteiger partial charge in [0.2, 0.25) is 0 Å². The Balaban J connectivity index is 2.25. The number of hydrogen-bond acceptors (Lipinski definition) is 2. The number of amides is 1. The van der Waals surface area contributed by atoms with Crippen LogP contribution in [-0.2, 0) is 4.79 Å². The quantitative estimate of drug-likeness (QED) is 0.847. The first-order valence-electron chi connectivity index (χ1n) is 6.38. The first kappa shape index (κ1) is 13.3. The molecule has 19 heavy (non-hydrogen) atoms. The Morgan fingerprint density at radius 2 is 1.89 bits per heavy atom. The highest BCUT2D eigenvalue weighted by Gasteiger charge is 2.19. The lowest BCUT2D eigenvalue weighted by atomic mass is 10.1. The van der Waals surface area contributed by atoms with Crippen LogP contribution in [-0.4, -0.2) is 35.0 Å². The van der Waals surface area contributed by atoms with Crippen molar-refractivity contribution >= 4 is 18.0 Å². The summed E-state index contributed by atoms with van der Waals surface area (Å²) in [5.41, 5.74) is 2.33. The molecule has 1 aromatic carbocycles. The summed E-state index contributed by atoms with van der Waals surface area (Å²) in [5, 5.41) is 8.63. The van der Waals surface area contributed by atoms with Crippen molar-refractivity contribution in [3.8, 4) is 0 Å². The van der Waals surface area contributed by atoms with E-state index in [0.29, 0.717) is 5.56 Å². The largest absolute Gasteiger partial charge is 0.478 e. The predicted molar refractivity (Wildman–Crippen MR) is 73.0 cm³/mol. The highest BCUT2D eigenvalue weighted by atomic mass is 16.4. The number of rotatable bonds is 3. The molecule has 1 heterocycles. The molecule has 1 aromatic rings. The van der Waals surface area contributed by atoms with Gasteiger partial charge in [0, 0.05) is 24.7 Å². The second-order valence-electron chi connectivity index (χ2n) is 4.80. The molecule has 1 N–H and O–H groups in total. The third-order valence-corrected chi connectivity index (χ3v) is 3.16. The van der Waals surface area contributed by atoms with Crippen molar-refractivity contribution in [1.82, 2.24) is 4.90 Å². The molecule has 1 amide bonds. The van der Waals surface area contributed by atoms with Gasteiger partial charge >= 0.3 is 5.97 Å². The maximum absolute atomic E-state index is 12.3. The minimum atomic E-state index is -0.992. The van der Waals surface area contributed by atoms with Gasteiger partial charge < -0.3 is 10.0 Å². The van der Waals surface area contributed by atoms with Gasteiger partial charge in [-0.15, -0.1) is 0 Å². The number of aliphatic carboxylic acids is 1. The average molecular weight is 259 g/mol. The van der Waals surface area contributed by atoms with Crippen LogP contribution >= 0.6 is 0 Å². The number of carboxylic acid groups (broad SMARTS) is 1. The lowest BCUT2D eigenvalue weighted by Crippen LogP contribution is -2.27. The van der Waals surface area contributed by atoms with Gasteiger partial charge in [0.1, 0.15) is 0 Å². The lowest BCUT2D eigenvalue weighted by Gasteiger charge is -2.15. The molecule has 0 saturated carbocycles. The Morgan fingerprint density at radius 1 is 1.21 bits per heavy atom. The summed E-state index contributed by atoms with van der Waals surface area (Å²) in [6, 6.07) is 5.45. The maximum Gasteiger partial charge on any atom is 0.328 e. The van der Waals surface area contributed by atoms with Crippen LogP contribution in [0.3, 0.4) is 0 Å². The third-order valence-electron chi connectivity index (χ3n) is 3.16. The van der Waals surface area contributed by atoms with Gasteiger partial charge in [-0.05, 0) is 49.1 Å². The number of carboxylic acids is 1. The van der Waals surface area contributed by atoms with Crippen LogP contribution in [0.4, 0.5) is 0 Å². The predicted octanol–water partition coefficient (Wildman–Crippen LogP) is 2.33. The Hall–Kier alpha value is -2.10. The molecule has 1 aliphatic heterocycles. The van der Waals surface area contributed by atoms with Crippen molar-refractivity contribution < 1.29 is 14.7 Å². The van der Waals surface area contributed by atoms with Crippen molar-refractivity contribution in [2.24, 2.45) is 0 Å². The Morgan fingerprint density at radius 3 is 2.53 bits per heavy atom. The Bertz CT molecular complexity index is 528. The van der Waals surface area contributed by atoms with E-state index in [1.54, 1.807) is 6.07 Å². The van der Waals surface area contributed by atoms with Gasteiger partial charge in [0.25, 0.3) is 5.91 Å². The standard InChI is InChI=1S/C15H17NO3/c1-11-8-12(4-5-14(17)18)10-13(9-11)15(19)16-6-2-3-7-16/h4-5,8-10H,2-3,6-7H2,1H3,(H,17,18)/b5-4+. The number of nitrogens with zero attached hydrogens (tertiary/aromatic N) is 1. The molecule has 0 radical (unpaired) electrons. The molecule has 0 aliphatic carbocycles. The molecular formula is C15H17NO3. The van der Waals surface area contributed by atoms with Crippen molar-refractivity contribution in [2.45, 2.75) is 19.8 Å². The van der Waals surface area contributed by atoms with E-state index in [0.717, 1.165) is 43.1 Å². The minimum absolute atomic E-state index is 0.0335. The van der Waals surface area contributed by atoms with E-state index in [1.165, 1.54) is 6.08 Å². The molecule has 0 spiro atoms. The summed E-state index contributed by atoms with van der Waals surface area (Å²) in [6.07, 6.45) is 4.71. The van der Waals surface area contributed by atoms with Crippen molar-refractivity contribution in [2.75, 3.05) is 13.1 Å². The zero-order valence-corrected chi connectivity index (χ0v) is 10.9. The second kappa shape index (κ2) is 5.69. The highest BCUT2D eigenvalue weighted by molar-refractivity contribution is 5.95. The van der Waals surface area contributed by atoms with Crippen LogP contribution in [0.25, 0.3) is 6.08 Å². The van der Waals surface area contributed by atoms with E-state index in [-0.39, 0.29) is 5.91 Å². The fourth-order valence-corrected chi connectivity index (χ4v) is 2.30. The van der Waals surface area contributed by atoms with Gasteiger partial charge in [-0.3, -0.25) is 4.79 Å². The van der Waals surface area contributed by atoms with E-state index >= 15 is 0 Å². The molecule has 1 fully saturated rings. The molecule has 100 valence electrons. The van der Waals surface area contributed by atoms with Crippen molar-refractivity contribution in [1.29, 1.82) is 0 Å². The van der Waals surface area contributed by atoms with Crippen LogP contribution in [0.5, 0.6) is 0 Å². The normalized spacial score (nSPS) is 15.1. The summed E-state index contributed by atoms with van der Waals surface area (Å²) < 4.78 is 0. The summed E-state index contributed by atoms with van der Waals surface area (Å²) >= 11 is 0. The first-order valence-corrected chi connectivity index (χ1v) is 6.38. The van der Waals surface area contributed by atoms with Crippen molar-refractivity contribution in [3.63, 3.8) is 0 Å². The summed E-state index contributed by atoms with van der Waals surface area (Å²) in [7, 11) is 0. The Kier molecular flexibility index (Phi) is 4.00. The second-order valence-corrected chi connectivity index (χ2v) is 4.80. The molecule has 0 bridgehead atoms. The van der Waals surface area contributed by atoms with E-state index in [2.05, 4.69) is 0 Å². The zero-order chi connectivity index (χ0) is 13.8. The molecule has 1 aliphatic rings. The molecule has 0 unspecified atom stereocenters. The van der Waals surface area contributed by atoms with Gasteiger partial charge in [-0.2, -0.15) is 0 Å². The molecular weight excluding hydrogens is 242 g/mol. The van der Waals surface area contributed by atoms with Crippen LogP contribution < -0.4 is 0 Å². The van der Waals surface area contributed by atoms with Gasteiger partial charge in [0.05, 0.1) is 0 Å². The number of hydrogen-bond donors (Lipinski definition) is 1. The smallest absolute Gasteiger partial charge is 0.328 e. The van der Waals surface area contributed by atoms with E-state index in [9.17, 15) is 9.59 Å². The highest BCUT2D eigenvalue weighted by Crippen LogP contribution is 2.16. The van der Waals surface area contributed by atoms with Crippen molar-refractivity contribution in [3.05, 3.63) is 41.0 Å². The van der Waals surface area contributed by atoms with Crippen LogP contribution in [0.1, 0.15) is 34.3 Å². The first-order chi connectivity index (χ1) is 9.06. The van der Waals surface area contributed by atoms with Gasteiger partial charge in [-0.1, -0.05) is 6.07 Å². The Labute approximate surface area is 112 Å². The maximum atomic E-state index is 12.3. The number of carbonyl (C=O) groups is 2. The van der Waals surface area contributed by atoms with Gasteiger partial charge in [-0.25, -0.2) is 4.79 Å². The fourth-order valence-electron chi connectivity index (χ4n) is 2.30. The number of benzene rings is 1. The molecule has 0 atom stereocenters. The SMILES string of the molecule is Cc1cc(/C=C/C(=O)O)cc(C(=O)N2CCCC2)c1. The number of likely N-dealkylation sites (tertiary alicyclic amines) is 1. The molecule has 0 aromatic heterocycles. The molecule has 4 heteroatoms. The average Bonchev–Trinajstić information content (AvgIpc) is 2.88. The summed E-state index contributed by atoms with van der Waals surface area (Å²) in [5.74, 6) is -0.958. The monoisotopic (exact) mass is 259 g/mol. The topological polar surface area (TPSA) is 57.6 Å². The van der Waals surface area contributed by atoms with Crippen LogP contribution in [0, 0.1) is 6.92 Å². The number of carbonyl (C=O) groups excluding carboxylic acids is 1. The van der Waals surface area contributed by atoms with Gasteiger partial charge in [0.15, 0.2) is 0 Å². The van der Waals surface area contributed by atoms with E-state index < -0.39 is 5.97 Å².